The second-order valence-corrected chi connectivity index (χ2v) is 4.41. The Morgan fingerprint density at radius 2 is 2.16 bits per heavy atom. The van der Waals surface area contributed by atoms with E-state index in [9.17, 15) is 14.9 Å². The molecule has 7 heteroatoms. The molecular weight excluding hydrogens is 248 g/mol. The summed E-state index contributed by atoms with van der Waals surface area (Å²) in [6.07, 6.45) is 0.773. The number of nitrogens with one attached hydrogen (secondary N) is 1. The van der Waals surface area contributed by atoms with Gasteiger partial charge in [0.2, 0.25) is 0 Å². The lowest BCUT2D eigenvalue weighted by Crippen LogP contribution is -2.27. The number of nitro benzene ring substituents is 1. The number of carbonyl (C=O) groups excluding carboxylic acids is 1. The van der Waals surface area contributed by atoms with E-state index in [1.54, 1.807) is 0 Å². The lowest BCUT2D eigenvalue weighted by molar-refractivity contribution is -0.384. The summed E-state index contributed by atoms with van der Waals surface area (Å²) in [6.45, 7) is 1.29. The average molecular weight is 266 g/mol. The molecule has 104 valence electrons. The molecule has 1 aromatic rings. The lowest BCUT2D eigenvalue weighted by atomic mass is 10.1. The quantitative estimate of drug-likeness (QED) is 0.344. The summed E-state index contributed by atoms with van der Waals surface area (Å²) in [5.41, 5.74) is 5.17. The van der Waals surface area contributed by atoms with Crippen molar-refractivity contribution < 1.29 is 9.72 Å². The molecule has 1 amide bonds. The molecule has 0 aliphatic carbocycles. The molecule has 0 unspecified atom stereocenters. The van der Waals surface area contributed by atoms with Crippen molar-refractivity contribution in [2.75, 3.05) is 32.9 Å². The third kappa shape index (κ3) is 4.22. The van der Waals surface area contributed by atoms with E-state index >= 15 is 0 Å². The topological polar surface area (TPSA) is 102 Å². The van der Waals surface area contributed by atoms with E-state index in [2.05, 4.69) is 5.32 Å². The van der Waals surface area contributed by atoms with Crippen LogP contribution in [0.1, 0.15) is 16.8 Å². The molecule has 0 aliphatic rings. The minimum absolute atomic E-state index is 0.00477. The maximum atomic E-state index is 11.9. The van der Waals surface area contributed by atoms with E-state index in [1.165, 1.54) is 18.2 Å². The molecule has 19 heavy (non-hydrogen) atoms. The van der Waals surface area contributed by atoms with Crippen LogP contribution in [0.2, 0.25) is 0 Å². The van der Waals surface area contributed by atoms with Gasteiger partial charge in [0.1, 0.15) is 11.3 Å². The van der Waals surface area contributed by atoms with Crippen molar-refractivity contribution in [3.63, 3.8) is 0 Å². The van der Waals surface area contributed by atoms with Gasteiger partial charge < -0.3 is 16.0 Å². The molecule has 3 N–H and O–H groups in total. The molecule has 0 saturated carbocycles. The summed E-state index contributed by atoms with van der Waals surface area (Å²) < 4.78 is 0. The van der Waals surface area contributed by atoms with Crippen LogP contribution < -0.4 is 11.1 Å². The summed E-state index contributed by atoms with van der Waals surface area (Å²) in [6, 6.07) is 4.33. The number of para-hydroxylation sites is 1. The number of anilines is 1. The Morgan fingerprint density at radius 1 is 1.47 bits per heavy atom. The zero-order chi connectivity index (χ0) is 14.4. The third-order valence-corrected chi connectivity index (χ3v) is 2.56. The number of hydrogen-bond donors (Lipinski definition) is 2. The first kappa shape index (κ1) is 14.9. The van der Waals surface area contributed by atoms with Crippen LogP contribution in [0.15, 0.2) is 18.2 Å². The van der Waals surface area contributed by atoms with Gasteiger partial charge in [0, 0.05) is 6.54 Å². The predicted molar refractivity (Wildman–Crippen MR) is 73.0 cm³/mol. The standard InChI is InChI=1S/C12H18N4O3/c1-15(2)8-4-7-14-12(17)9-5-3-6-10(13)11(9)16(18)19/h3,5-6H,4,7-8,13H2,1-2H3,(H,14,17). The van der Waals surface area contributed by atoms with Crippen LogP contribution in [0.25, 0.3) is 0 Å². The highest BCUT2D eigenvalue weighted by Crippen LogP contribution is 2.25. The Kier molecular flexibility index (Phi) is 5.25. The SMILES string of the molecule is CN(C)CCCNC(=O)c1cccc(N)c1[N+](=O)[O-]. The van der Waals surface area contributed by atoms with Crippen LogP contribution in [0, 0.1) is 10.1 Å². The highest BCUT2D eigenvalue weighted by molar-refractivity contribution is 6.00. The van der Waals surface area contributed by atoms with Crippen LogP contribution in [-0.2, 0) is 0 Å². The molecule has 0 aromatic heterocycles. The summed E-state index contributed by atoms with van der Waals surface area (Å²) in [4.78, 5) is 24.1. The lowest BCUT2D eigenvalue weighted by Gasteiger charge is -2.10. The van der Waals surface area contributed by atoms with Crippen LogP contribution in [0.4, 0.5) is 11.4 Å². The second kappa shape index (κ2) is 6.69. The Balaban J connectivity index is 2.72. The molecule has 0 radical (unpaired) electrons. The van der Waals surface area contributed by atoms with Gasteiger partial charge in [-0.2, -0.15) is 0 Å². The molecule has 0 aliphatic heterocycles. The van der Waals surface area contributed by atoms with Crippen molar-refractivity contribution in [3.05, 3.63) is 33.9 Å². The molecule has 0 heterocycles. The number of nitro groups is 1. The highest BCUT2D eigenvalue weighted by Gasteiger charge is 2.22. The van der Waals surface area contributed by atoms with Gasteiger partial charge in [0.05, 0.1) is 4.92 Å². The van der Waals surface area contributed by atoms with Crippen LogP contribution in [0.3, 0.4) is 0 Å². The van der Waals surface area contributed by atoms with Gasteiger partial charge in [0.15, 0.2) is 0 Å². The van der Waals surface area contributed by atoms with E-state index < -0.39 is 10.8 Å². The van der Waals surface area contributed by atoms with Crippen molar-refractivity contribution in [1.82, 2.24) is 10.2 Å². The van der Waals surface area contributed by atoms with Crippen molar-refractivity contribution in [2.45, 2.75) is 6.42 Å². The molecule has 0 bridgehead atoms. The van der Waals surface area contributed by atoms with Crippen molar-refractivity contribution in [2.24, 2.45) is 0 Å². The smallest absolute Gasteiger partial charge is 0.304 e. The normalized spacial score (nSPS) is 10.5. The molecule has 0 atom stereocenters. The fourth-order valence-electron chi connectivity index (χ4n) is 1.64. The minimum atomic E-state index is -0.635. The molecule has 7 nitrogen and oxygen atoms in total. The Labute approximate surface area is 111 Å². The van der Waals surface area contributed by atoms with Gasteiger partial charge in [-0.1, -0.05) is 6.07 Å². The largest absolute Gasteiger partial charge is 0.393 e. The molecule has 0 spiro atoms. The van der Waals surface area contributed by atoms with Crippen LogP contribution in [0.5, 0.6) is 0 Å². The van der Waals surface area contributed by atoms with E-state index in [0.717, 1.165) is 13.0 Å². The van der Waals surface area contributed by atoms with Crippen LogP contribution in [-0.4, -0.2) is 42.9 Å². The zero-order valence-corrected chi connectivity index (χ0v) is 11.0. The van der Waals surface area contributed by atoms with E-state index in [1.807, 2.05) is 19.0 Å². The van der Waals surface area contributed by atoms with Crippen molar-refractivity contribution in [1.29, 1.82) is 0 Å². The number of hydrogen-bond acceptors (Lipinski definition) is 5. The van der Waals surface area contributed by atoms with Gasteiger partial charge >= 0.3 is 5.69 Å². The van der Waals surface area contributed by atoms with Gasteiger partial charge in [-0.3, -0.25) is 14.9 Å². The second-order valence-electron chi connectivity index (χ2n) is 4.41. The first-order valence-corrected chi connectivity index (χ1v) is 5.89. The molecular formula is C12H18N4O3. The van der Waals surface area contributed by atoms with Gasteiger partial charge in [-0.15, -0.1) is 0 Å². The molecule has 1 rings (SSSR count). The molecule has 0 fully saturated rings. The van der Waals surface area contributed by atoms with Crippen molar-refractivity contribution in [3.8, 4) is 0 Å². The highest BCUT2D eigenvalue weighted by atomic mass is 16.6. The number of nitrogens with two attached hydrogens (primary N) is 1. The zero-order valence-electron chi connectivity index (χ0n) is 11.0. The third-order valence-electron chi connectivity index (χ3n) is 2.56. The van der Waals surface area contributed by atoms with Gasteiger partial charge in [-0.05, 0) is 39.2 Å². The molecule has 0 saturated heterocycles. The first-order valence-electron chi connectivity index (χ1n) is 5.89. The Bertz CT molecular complexity index is 474. The summed E-state index contributed by atoms with van der Waals surface area (Å²) >= 11 is 0. The Hall–Kier alpha value is -2.15. The van der Waals surface area contributed by atoms with E-state index in [4.69, 9.17) is 5.73 Å². The van der Waals surface area contributed by atoms with Crippen LogP contribution >= 0.6 is 0 Å². The molecule has 1 aromatic carbocycles. The summed E-state index contributed by atoms with van der Waals surface area (Å²) in [5.74, 6) is -0.474. The van der Waals surface area contributed by atoms with E-state index in [-0.39, 0.29) is 16.9 Å². The first-order chi connectivity index (χ1) is 8.93. The number of carbonyl (C=O) groups is 1. The average Bonchev–Trinajstić information content (AvgIpc) is 2.33. The maximum absolute atomic E-state index is 11.9. The monoisotopic (exact) mass is 266 g/mol. The maximum Gasteiger partial charge on any atom is 0.304 e. The summed E-state index contributed by atoms with van der Waals surface area (Å²) in [5, 5.41) is 13.6. The fourth-order valence-corrected chi connectivity index (χ4v) is 1.64. The number of nitrogens with zero attached hydrogens (tertiary/aromatic N) is 2. The fraction of sp³-hybridized carbons (Fsp3) is 0.417. The van der Waals surface area contributed by atoms with Gasteiger partial charge in [0.25, 0.3) is 5.91 Å². The number of amides is 1. The Morgan fingerprint density at radius 3 is 2.74 bits per heavy atom. The minimum Gasteiger partial charge on any atom is -0.393 e. The van der Waals surface area contributed by atoms with Crippen molar-refractivity contribution >= 4 is 17.3 Å². The van der Waals surface area contributed by atoms with E-state index in [0.29, 0.717) is 6.54 Å². The summed E-state index contributed by atoms with van der Waals surface area (Å²) in [7, 11) is 3.87. The van der Waals surface area contributed by atoms with Gasteiger partial charge in [-0.25, -0.2) is 0 Å². The number of nitrogen functional groups attached to an aromatic ring is 1. The number of benzene rings is 1. The predicted octanol–water partition coefficient (Wildman–Crippen LogP) is 0.859. The number of rotatable bonds is 6.